The predicted octanol–water partition coefficient (Wildman–Crippen LogP) is 0.726. The van der Waals surface area contributed by atoms with E-state index in [4.69, 9.17) is 4.74 Å². The topological polar surface area (TPSA) is 45.1 Å². The van der Waals surface area contributed by atoms with Crippen molar-refractivity contribution >= 4 is 11.7 Å². The normalized spacial score (nSPS) is 26.8. The monoisotopic (exact) mass is 251 g/mol. The number of aliphatic imine (C=N–C) groups is 1. The highest BCUT2D eigenvalue weighted by Crippen LogP contribution is 2.30. The fraction of sp³-hybridized carbons (Fsp3) is 0.692. The minimum Gasteiger partial charge on any atom is -0.366 e. The molecule has 0 bridgehead atoms. The number of ether oxygens (including phenoxy) is 1. The van der Waals surface area contributed by atoms with E-state index in [9.17, 15) is 4.79 Å². The summed E-state index contributed by atoms with van der Waals surface area (Å²) in [6, 6.07) is 0. The lowest BCUT2D eigenvalue weighted by atomic mass is 9.97. The van der Waals surface area contributed by atoms with Crippen molar-refractivity contribution in [3.8, 4) is 0 Å². The molecule has 2 aliphatic rings. The lowest BCUT2D eigenvalue weighted by Gasteiger charge is -2.32. The van der Waals surface area contributed by atoms with Gasteiger partial charge in [-0.05, 0) is 12.8 Å². The van der Waals surface area contributed by atoms with Crippen molar-refractivity contribution in [3.63, 3.8) is 0 Å². The van der Waals surface area contributed by atoms with E-state index in [2.05, 4.69) is 4.99 Å². The van der Waals surface area contributed by atoms with Gasteiger partial charge in [-0.2, -0.15) is 0 Å². The molecule has 0 radical (unpaired) electrons. The SMILES string of the molecule is CN(C)C(=O)C1C=CN=C(N(C)C)C1OC1CC1. The highest BCUT2D eigenvalue weighted by Gasteiger charge is 2.38. The first-order chi connectivity index (χ1) is 8.50. The van der Waals surface area contributed by atoms with Crippen molar-refractivity contribution in [2.24, 2.45) is 10.9 Å². The molecule has 5 heteroatoms. The highest BCUT2D eigenvalue weighted by atomic mass is 16.5. The third-order valence-corrected chi connectivity index (χ3v) is 3.13. The fourth-order valence-corrected chi connectivity index (χ4v) is 1.98. The number of amidine groups is 1. The van der Waals surface area contributed by atoms with Crippen molar-refractivity contribution in [1.29, 1.82) is 0 Å². The number of hydrogen-bond acceptors (Lipinski definition) is 4. The summed E-state index contributed by atoms with van der Waals surface area (Å²) >= 11 is 0. The molecule has 0 N–H and O–H groups in total. The quantitative estimate of drug-likeness (QED) is 0.742. The Balaban J connectivity index is 2.19. The number of amides is 1. The molecule has 0 aromatic carbocycles. The van der Waals surface area contributed by atoms with E-state index in [0.717, 1.165) is 18.7 Å². The summed E-state index contributed by atoms with van der Waals surface area (Å²) in [4.78, 5) is 20.1. The number of carbonyl (C=O) groups excluding carboxylic acids is 1. The van der Waals surface area contributed by atoms with Crippen molar-refractivity contribution in [2.75, 3.05) is 28.2 Å². The third-order valence-electron chi connectivity index (χ3n) is 3.13. The molecule has 1 heterocycles. The molecule has 2 atom stereocenters. The van der Waals surface area contributed by atoms with E-state index in [0.29, 0.717) is 6.10 Å². The number of rotatable bonds is 3. The lowest BCUT2D eigenvalue weighted by molar-refractivity contribution is -0.134. The molecular weight excluding hydrogens is 230 g/mol. The van der Waals surface area contributed by atoms with Crippen LogP contribution in [0.15, 0.2) is 17.3 Å². The largest absolute Gasteiger partial charge is 0.366 e. The first-order valence-electron chi connectivity index (χ1n) is 6.29. The van der Waals surface area contributed by atoms with Gasteiger partial charge in [-0.1, -0.05) is 6.08 Å². The maximum atomic E-state index is 12.2. The van der Waals surface area contributed by atoms with Crippen LogP contribution >= 0.6 is 0 Å². The first-order valence-corrected chi connectivity index (χ1v) is 6.29. The van der Waals surface area contributed by atoms with Gasteiger partial charge in [-0.3, -0.25) is 4.79 Å². The highest BCUT2D eigenvalue weighted by molar-refractivity contribution is 5.94. The molecule has 1 fully saturated rings. The molecule has 2 unspecified atom stereocenters. The van der Waals surface area contributed by atoms with Crippen LogP contribution in [0.25, 0.3) is 0 Å². The van der Waals surface area contributed by atoms with Crippen LogP contribution in [0.1, 0.15) is 12.8 Å². The Morgan fingerprint density at radius 2 is 2.00 bits per heavy atom. The zero-order valence-corrected chi connectivity index (χ0v) is 11.5. The summed E-state index contributed by atoms with van der Waals surface area (Å²) in [5.74, 6) is 0.617. The Kier molecular flexibility index (Phi) is 3.71. The smallest absolute Gasteiger partial charge is 0.232 e. The van der Waals surface area contributed by atoms with E-state index in [1.54, 1.807) is 25.2 Å². The number of hydrogen-bond donors (Lipinski definition) is 0. The zero-order valence-electron chi connectivity index (χ0n) is 11.5. The summed E-state index contributed by atoms with van der Waals surface area (Å²) < 4.78 is 5.99. The van der Waals surface area contributed by atoms with Crippen LogP contribution in [0.4, 0.5) is 0 Å². The lowest BCUT2D eigenvalue weighted by Crippen LogP contribution is -2.47. The number of carbonyl (C=O) groups is 1. The van der Waals surface area contributed by atoms with Crippen molar-refractivity contribution in [1.82, 2.24) is 9.80 Å². The molecule has 0 saturated heterocycles. The Bertz CT molecular complexity index is 384. The summed E-state index contributed by atoms with van der Waals surface area (Å²) in [6.07, 6.45) is 5.75. The van der Waals surface area contributed by atoms with Crippen LogP contribution in [0, 0.1) is 5.92 Å². The second kappa shape index (κ2) is 5.10. The maximum Gasteiger partial charge on any atom is 0.232 e. The molecule has 1 saturated carbocycles. The fourth-order valence-electron chi connectivity index (χ4n) is 1.98. The minimum atomic E-state index is -0.268. The standard InChI is InChI=1S/C13H21N3O2/c1-15(2)12-11(18-9-5-6-9)10(7-8-14-12)13(17)16(3)4/h7-11H,5-6H2,1-4H3. The number of nitrogens with zero attached hydrogens (tertiary/aromatic N) is 3. The minimum absolute atomic E-state index is 0.0613. The predicted molar refractivity (Wildman–Crippen MR) is 70.3 cm³/mol. The average Bonchev–Trinajstić information content (AvgIpc) is 3.11. The van der Waals surface area contributed by atoms with Gasteiger partial charge in [0.25, 0.3) is 0 Å². The third kappa shape index (κ3) is 2.72. The molecule has 0 aromatic heterocycles. The van der Waals surface area contributed by atoms with Crippen molar-refractivity contribution in [2.45, 2.75) is 25.0 Å². The zero-order chi connectivity index (χ0) is 13.3. The van der Waals surface area contributed by atoms with E-state index < -0.39 is 0 Å². The maximum absolute atomic E-state index is 12.2. The molecular formula is C13H21N3O2. The van der Waals surface area contributed by atoms with Gasteiger partial charge in [0.1, 0.15) is 11.9 Å². The van der Waals surface area contributed by atoms with Crippen LogP contribution in [0.5, 0.6) is 0 Å². The van der Waals surface area contributed by atoms with Gasteiger partial charge in [0.05, 0.1) is 12.0 Å². The Morgan fingerprint density at radius 3 is 2.50 bits per heavy atom. The second-order valence-electron chi connectivity index (χ2n) is 5.24. The molecule has 0 aromatic rings. The van der Waals surface area contributed by atoms with Crippen molar-refractivity contribution < 1.29 is 9.53 Å². The van der Waals surface area contributed by atoms with Gasteiger partial charge in [-0.15, -0.1) is 0 Å². The Hall–Kier alpha value is -1.36. The Morgan fingerprint density at radius 1 is 1.33 bits per heavy atom. The van der Waals surface area contributed by atoms with Crippen LogP contribution in [-0.4, -0.2) is 61.9 Å². The molecule has 100 valence electrons. The molecule has 18 heavy (non-hydrogen) atoms. The first kappa shape index (κ1) is 13.1. The van der Waals surface area contributed by atoms with Gasteiger partial charge in [0.15, 0.2) is 0 Å². The molecule has 0 spiro atoms. The Labute approximate surface area is 108 Å². The summed E-state index contributed by atoms with van der Waals surface area (Å²) in [6.45, 7) is 0. The number of likely N-dealkylation sites (N-methyl/N-ethyl adjacent to an activating group) is 1. The van der Waals surface area contributed by atoms with Crippen molar-refractivity contribution in [3.05, 3.63) is 12.3 Å². The van der Waals surface area contributed by atoms with E-state index in [1.807, 2.05) is 25.1 Å². The van der Waals surface area contributed by atoms with Gasteiger partial charge in [0, 0.05) is 34.4 Å². The second-order valence-corrected chi connectivity index (χ2v) is 5.24. The van der Waals surface area contributed by atoms with Gasteiger partial charge in [-0.25, -0.2) is 4.99 Å². The summed E-state index contributed by atoms with van der Waals surface area (Å²) in [5.41, 5.74) is 0. The molecule has 5 nitrogen and oxygen atoms in total. The van der Waals surface area contributed by atoms with E-state index >= 15 is 0 Å². The molecule has 1 aliphatic heterocycles. The van der Waals surface area contributed by atoms with Gasteiger partial charge in [0.2, 0.25) is 5.91 Å². The molecule has 2 rings (SSSR count). The van der Waals surface area contributed by atoms with Gasteiger partial charge >= 0.3 is 0 Å². The summed E-state index contributed by atoms with van der Waals surface area (Å²) in [5, 5.41) is 0. The van der Waals surface area contributed by atoms with E-state index in [-0.39, 0.29) is 17.9 Å². The van der Waals surface area contributed by atoms with Gasteiger partial charge < -0.3 is 14.5 Å². The van der Waals surface area contributed by atoms with Crippen LogP contribution in [-0.2, 0) is 9.53 Å². The van der Waals surface area contributed by atoms with E-state index in [1.165, 1.54) is 0 Å². The van der Waals surface area contributed by atoms with Crippen LogP contribution in [0.2, 0.25) is 0 Å². The molecule has 1 amide bonds. The van der Waals surface area contributed by atoms with Crippen LogP contribution in [0.3, 0.4) is 0 Å². The molecule has 1 aliphatic carbocycles. The average molecular weight is 251 g/mol. The van der Waals surface area contributed by atoms with Crippen LogP contribution < -0.4 is 0 Å². The summed E-state index contributed by atoms with van der Waals surface area (Å²) in [7, 11) is 7.40.